The summed E-state index contributed by atoms with van der Waals surface area (Å²) >= 11 is 0. The second kappa shape index (κ2) is 7.74. The van der Waals surface area contributed by atoms with Crippen LogP contribution in [-0.2, 0) is 4.74 Å². The quantitative estimate of drug-likeness (QED) is 0.761. The predicted octanol–water partition coefficient (Wildman–Crippen LogP) is 3.88. The number of hydrogen-bond acceptors (Lipinski definition) is 5. The first kappa shape index (κ1) is 17.5. The van der Waals surface area contributed by atoms with Crippen LogP contribution in [-0.4, -0.2) is 35.3 Å². The van der Waals surface area contributed by atoms with Gasteiger partial charge in [0.2, 0.25) is 0 Å². The molecule has 2 aliphatic carbocycles. The first-order chi connectivity index (χ1) is 12.7. The summed E-state index contributed by atoms with van der Waals surface area (Å²) < 4.78 is 11.2. The molecule has 2 aromatic heterocycles. The lowest BCUT2D eigenvalue weighted by Crippen LogP contribution is -2.26. The minimum Gasteiger partial charge on any atom is -0.378 e. The molecule has 2 fully saturated rings. The molecule has 2 aromatic rings. The van der Waals surface area contributed by atoms with E-state index in [-0.39, 0.29) is 5.91 Å². The van der Waals surface area contributed by atoms with Gasteiger partial charge in [0.05, 0.1) is 22.7 Å². The van der Waals surface area contributed by atoms with Gasteiger partial charge < -0.3 is 14.6 Å². The van der Waals surface area contributed by atoms with Crippen LogP contribution in [0.3, 0.4) is 0 Å². The number of pyridine rings is 1. The van der Waals surface area contributed by atoms with E-state index < -0.39 is 0 Å². The van der Waals surface area contributed by atoms with E-state index >= 15 is 0 Å². The Bertz CT molecular complexity index is 776. The van der Waals surface area contributed by atoms with Crippen molar-refractivity contribution in [3.8, 4) is 0 Å². The number of rotatable bonds is 7. The summed E-state index contributed by atoms with van der Waals surface area (Å²) in [5, 5.41) is 7.73. The molecule has 6 heteroatoms. The highest BCUT2D eigenvalue weighted by molar-refractivity contribution is 6.06. The fourth-order valence-corrected chi connectivity index (χ4v) is 3.73. The number of fused-ring (bicyclic) bond motifs is 1. The zero-order valence-electron chi connectivity index (χ0n) is 15.4. The molecule has 0 spiro atoms. The zero-order chi connectivity index (χ0) is 17.9. The summed E-state index contributed by atoms with van der Waals surface area (Å²) in [6.07, 6.45) is 9.75. The summed E-state index contributed by atoms with van der Waals surface area (Å²) in [6.45, 7) is 3.16. The van der Waals surface area contributed by atoms with E-state index in [9.17, 15) is 4.79 Å². The van der Waals surface area contributed by atoms with Gasteiger partial charge in [-0.2, -0.15) is 0 Å². The SMILES string of the molecule is Cc1noc2nc(C3CC3)cc(C(=O)NCCCOC3CCCCC3)c12. The summed E-state index contributed by atoms with van der Waals surface area (Å²) in [5.41, 5.74) is 2.75. The van der Waals surface area contributed by atoms with Gasteiger partial charge in [-0.25, -0.2) is 4.98 Å². The molecule has 4 rings (SSSR count). The fraction of sp³-hybridized carbons (Fsp3) is 0.650. The third-order valence-electron chi connectivity index (χ3n) is 5.39. The monoisotopic (exact) mass is 357 g/mol. The van der Waals surface area contributed by atoms with Gasteiger partial charge in [0.1, 0.15) is 0 Å². The maximum atomic E-state index is 12.7. The van der Waals surface area contributed by atoms with E-state index in [2.05, 4.69) is 15.5 Å². The number of ether oxygens (including phenoxy) is 1. The Morgan fingerprint density at radius 3 is 2.85 bits per heavy atom. The Morgan fingerprint density at radius 2 is 2.08 bits per heavy atom. The molecule has 26 heavy (non-hydrogen) atoms. The lowest BCUT2D eigenvalue weighted by molar-refractivity contribution is 0.0273. The number of nitrogens with one attached hydrogen (secondary N) is 1. The van der Waals surface area contributed by atoms with Gasteiger partial charge in [0.25, 0.3) is 11.6 Å². The molecule has 0 saturated heterocycles. The Labute approximate surface area is 153 Å². The lowest BCUT2D eigenvalue weighted by atomic mass is 9.98. The van der Waals surface area contributed by atoms with Gasteiger partial charge >= 0.3 is 0 Å². The highest BCUT2D eigenvalue weighted by atomic mass is 16.5. The number of carbonyl (C=O) groups excluding carboxylic acids is 1. The summed E-state index contributed by atoms with van der Waals surface area (Å²) in [7, 11) is 0. The molecular weight excluding hydrogens is 330 g/mol. The standard InChI is InChI=1S/C20H27N3O3/c1-13-18-16(12-17(14-8-9-14)22-20(18)26-23-13)19(24)21-10-5-11-25-15-6-3-2-4-7-15/h12,14-15H,2-11H2,1H3,(H,21,24). The van der Waals surface area contributed by atoms with Crippen LogP contribution in [0, 0.1) is 6.92 Å². The van der Waals surface area contributed by atoms with Gasteiger partial charge in [0.15, 0.2) is 0 Å². The number of carbonyl (C=O) groups is 1. The van der Waals surface area contributed by atoms with Crippen molar-refractivity contribution in [1.82, 2.24) is 15.5 Å². The van der Waals surface area contributed by atoms with Crippen LogP contribution in [0.15, 0.2) is 10.6 Å². The first-order valence-corrected chi connectivity index (χ1v) is 9.89. The molecule has 1 amide bonds. The minimum atomic E-state index is -0.0803. The first-order valence-electron chi connectivity index (χ1n) is 9.89. The normalized spacial score (nSPS) is 18.3. The van der Waals surface area contributed by atoms with Crippen LogP contribution >= 0.6 is 0 Å². The third-order valence-corrected chi connectivity index (χ3v) is 5.39. The van der Waals surface area contributed by atoms with Crippen LogP contribution < -0.4 is 5.32 Å². The van der Waals surface area contributed by atoms with Crippen LogP contribution in [0.25, 0.3) is 11.1 Å². The molecule has 6 nitrogen and oxygen atoms in total. The largest absolute Gasteiger partial charge is 0.378 e. The number of nitrogens with zero attached hydrogens (tertiary/aromatic N) is 2. The molecule has 1 N–H and O–H groups in total. The predicted molar refractivity (Wildman–Crippen MR) is 98.3 cm³/mol. The molecule has 0 unspecified atom stereocenters. The molecule has 0 aromatic carbocycles. The van der Waals surface area contributed by atoms with Gasteiger partial charge in [0, 0.05) is 24.8 Å². The van der Waals surface area contributed by atoms with Crippen molar-refractivity contribution in [3.05, 3.63) is 23.0 Å². The molecule has 0 radical (unpaired) electrons. The Morgan fingerprint density at radius 1 is 1.27 bits per heavy atom. The molecule has 2 aliphatic rings. The van der Waals surface area contributed by atoms with Crippen molar-refractivity contribution in [2.45, 2.75) is 70.3 Å². The third kappa shape index (κ3) is 3.90. The number of aromatic nitrogens is 2. The molecule has 0 aliphatic heterocycles. The summed E-state index contributed by atoms with van der Waals surface area (Å²) in [6, 6.07) is 1.91. The molecular formula is C20H27N3O3. The van der Waals surface area contributed by atoms with Gasteiger partial charge in [-0.1, -0.05) is 24.4 Å². The Kier molecular flexibility index (Phi) is 5.20. The summed E-state index contributed by atoms with van der Waals surface area (Å²) in [4.78, 5) is 17.3. The van der Waals surface area contributed by atoms with Crippen LogP contribution in [0.4, 0.5) is 0 Å². The van der Waals surface area contributed by atoms with Crippen LogP contribution in [0.2, 0.25) is 0 Å². The van der Waals surface area contributed by atoms with E-state index in [1.165, 1.54) is 32.1 Å². The molecule has 140 valence electrons. The highest BCUT2D eigenvalue weighted by Gasteiger charge is 2.28. The van der Waals surface area contributed by atoms with Crippen LogP contribution in [0.1, 0.15) is 79.0 Å². The maximum Gasteiger partial charge on any atom is 0.259 e. The zero-order valence-corrected chi connectivity index (χ0v) is 15.4. The van der Waals surface area contributed by atoms with E-state index in [0.717, 1.165) is 30.3 Å². The van der Waals surface area contributed by atoms with E-state index in [0.29, 0.717) is 42.1 Å². The average molecular weight is 357 g/mol. The second-order valence-electron chi connectivity index (χ2n) is 7.56. The van der Waals surface area contributed by atoms with E-state index in [4.69, 9.17) is 9.26 Å². The Balaban J connectivity index is 1.34. The molecule has 0 bridgehead atoms. The minimum absolute atomic E-state index is 0.0803. The molecule has 2 saturated carbocycles. The van der Waals surface area contributed by atoms with Crippen molar-refractivity contribution < 1.29 is 14.1 Å². The van der Waals surface area contributed by atoms with Gasteiger partial charge in [-0.3, -0.25) is 4.79 Å². The lowest BCUT2D eigenvalue weighted by Gasteiger charge is -2.21. The van der Waals surface area contributed by atoms with Gasteiger partial charge in [-0.05, 0) is 45.1 Å². The number of hydrogen-bond donors (Lipinski definition) is 1. The Hall–Kier alpha value is -1.95. The fourth-order valence-electron chi connectivity index (χ4n) is 3.73. The van der Waals surface area contributed by atoms with Crippen molar-refractivity contribution in [2.24, 2.45) is 0 Å². The van der Waals surface area contributed by atoms with E-state index in [1.807, 2.05) is 13.0 Å². The van der Waals surface area contributed by atoms with Crippen molar-refractivity contribution >= 4 is 17.0 Å². The number of aryl methyl sites for hydroxylation is 1. The molecule has 0 atom stereocenters. The van der Waals surface area contributed by atoms with E-state index in [1.54, 1.807) is 0 Å². The molecule has 2 heterocycles. The second-order valence-corrected chi connectivity index (χ2v) is 7.56. The summed E-state index contributed by atoms with van der Waals surface area (Å²) in [5.74, 6) is 0.378. The smallest absolute Gasteiger partial charge is 0.259 e. The van der Waals surface area contributed by atoms with Crippen molar-refractivity contribution in [2.75, 3.05) is 13.2 Å². The topological polar surface area (TPSA) is 77.2 Å². The van der Waals surface area contributed by atoms with Crippen LogP contribution in [0.5, 0.6) is 0 Å². The van der Waals surface area contributed by atoms with Gasteiger partial charge in [-0.15, -0.1) is 0 Å². The van der Waals surface area contributed by atoms with Crippen molar-refractivity contribution in [3.63, 3.8) is 0 Å². The average Bonchev–Trinajstić information content (AvgIpc) is 3.45. The highest BCUT2D eigenvalue weighted by Crippen LogP contribution is 2.40. The maximum absolute atomic E-state index is 12.7. The van der Waals surface area contributed by atoms with Crippen molar-refractivity contribution in [1.29, 1.82) is 0 Å². The number of amides is 1.